The van der Waals surface area contributed by atoms with Gasteiger partial charge in [0, 0.05) is 11.1 Å². The Labute approximate surface area is 163 Å². The summed E-state index contributed by atoms with van der Waals surface area (Å²) < 4.78 is 40.1. The SMILES string of the molecule is Cc1c(C(=O)Nc2cccc(C(F)(F)F)c2)cnn1-c1ccc2ccccc2n1. The minimum Gasteiger partial charge on any atom is -0.322 e. The smallest absolute Gasteiger partial charge is 0.322 e. The second-order valence-electron chi connectivity index (χ2n) is 6.45. The highest BCUT2D eigenvalue weighted by Crippen LogP contribution is 2.30. The average molecular weight is 396 g/mol. The number of pyridine rings is 1. The number of rotatable bonds is 3. The minimum absolute atomic E-state index is 0.0563. The van der Waals surface area contributed by atoms with Crippen LogP contribution in [0.15, 0.2) is 66.9 Å². The monoisotopic (exact) mass is 396 g/mol. The number of para-hydroxylation sites is 1. The van der Waals surface area contributed by atoms with Crippen molar-refractivity contribution in [1.29, 1.82) is 0 Å². The van der Waals surface area contributed by atoms with Crippen LogP contribution in [0.1, 0.15) is 21.6 Å². The number of carbonyl (C=O) groups excluding carboxylic acids is 1. The number of carbonyl (C=O) groups is 1. The third kappa shape index (κ3) is 3.69. The molecule has 0 aliphatic rings. The van der Waals surface area contributed by atoms with Gasteiger partial charge in [-0.05, 0) is 43.3 Å². The van der Waals surface area contributed by atoms with E-state index in [1.54, 1.807) is 13.0 Å². The second kappa shape index (κ2) is 7.05. The largest absolute Gasteiger partial charge is 0.416 e. The van der Waals surface area contributed by atoms with Gasteiger partial charge in [-0.1, -0.05) is 24.3 Å². The molecular formula is C21H15F3N4O. The van der Waals surface area contributed by atoms with E-state index in [0.717, 1.165) is 23.0 Å². The molecule has 29 heavy (non-hydrogen) atoms. The molecule has 1 amide bonds. The van der Waals surface area contributed by atoms with Crippen molar-refractivity contribution in [2.24, 2.45) is 0 Å². The van der Waals surface area contributed by atoms with Crippen molar-refractivity contribution < 1.29 is 18.0 Å². The third-order valence-electron chi connectivity index (χ3n) is 4.50. The van der Waals surface area contributed by atoms with Crippen LogP contribution >= 0.6 is 0 Å². The lowest BCUT2D eigenvalue weighted by Crippen LogP contribution is -2.14. The first-order chi connectivity index (χ1) is 13.8. The van der Waals surface area contributed by atoms with Gasteiger partial charge in [0.1, 0.15) is 0 Å². The zero-order valence-electron chi connectivity index (χ0n) is 15.2. The molecule has 4 aromatic rings. The lowest BCUT2D eigenvalue weighted by Gasteiger charge is -2.10. The van der Waals surface area contributed by atoms with Crippen LogP contribution < -0.4 is 5.32 Å². The Kier molecular flexibility index (Phi) is 4.54. The Hall–Kier alpha value is -3.68. The Morgan fingerprint density at radius 1 is 1.03 bits per heavy atom. The summed E-state index contributed by atoms with van der Waals surface area (Å²) in [5, 5.41) is 7.69. The van der Waals surface area contributed by atoms with Gasteiger partial charge in [0.15, 0.2) is 5.82 Å². The fourth-order valence-electron chi connectivity index (χ4n) is 3.01. The number of benzene rings is 2. The predicted octanol–water partition coefficient (Wildman–Crippen LogP) is 5.00. The number of nitrogens with zero attached hydrogens (tertiary/aromatic N) is 3. The standard InChI is InChI=1S/C21H15F3N4O/c1-13-17(20(29)26-16-7-4-6-15(11-16)21(22,23)24)12-25-28(13)19-10-9-14-5-2-3-8-18(14)27-19/h2-12H,1H3,(H,26,29). The van der Waals surface area contributed by atoms with Gasteiger partial charge in [-0.2, -0.15) is 18.3 Å². The van der Waals surface area contributed by atoms with Crippen LogP contribution in [0.4, 0.5) is 18.9 Å². The Morgan fingerprint density at radius 3 is 2.62 bits per heavy atom. The fraction of sp³-hybridized carbons (Fsp3) is 0.0952. The second-order valence-corrected chi connectivity index (χ2v) is 6.45. The van der Waals surface area contributed by atoms with Crippen LogP contribution in [0.5, 0.6) is 0 Å². The normalized spacial score (nSPS) is 11.6. The summed E-state index contributed by atoms with van der Waals surface area (Å²) in [5.74, 6) is -0.00631. The Morgan fingerprint density at radius 2 is 1.83 bits per heavy atom. The molecular weight excluding hydrogens is 381 g/mol. The van der Waals surface area contributed by atoms with Gasteiger partial charge >= 0.3 is 6.18 Å². The first-order valence-electron chi connectivity index (χ1n) is 8.72. The Bertz CT molecular complexity index is 1210. The molecule has 4 rings (SSSR count). The maximum atomic E-state index is 12.9. The molecule has 0 unspecified atom stereocenters. The van der Waals surface area contributed by atoms with E-state index < -0.39 is 17.6 Å². The summed E-state index contributed by atoms with van der Waals surface area (Å²) in [4.78, 5) is 17.1. The van der Waals surface area contributed by atoms with Crippen molar-refractivity contribution in [3.8, 4) is 5.82 Å². The van der Waals surface area contributed by atoms with Crippen LogP contribution in [0, 0.1) is 6.92 Å². The summed E-state index contributed by atoms with van der Waals surface area (Å²) in [6.45, 7) is 1.70. The minimum atomic E-state index is -4.48. The summed E-state index contributed by atoms with van der Waals surface area (Å²) in [6.07, 6.45) is -3.11. The molecule has 5 nitrogen and oxygen atoms in total. The van der Waals surface area contributed by atoms with Crippen LogP contribution in [0.25, 0.3) is 16.7 Å². The first-order valence-corrected chi connectivity index (χ1v) is 8.72. The van der Waals surface area contributed by atoms with Gasteiger partial charge in [0.2, 0.25) is 0 Å². The van der Waals surface area contributed by atoms with E-state index in [1.165, 1.54) is 23.0 Å². The zero-order valence-corrected chi connectivity index (χ0v) is 15.2. The summed E-state index contributed by atoms with van der Waals surface area (Å²) in [6, 6.07) is 15.8. The lowest BCUT2D eigenvalue weighted by atomic mass is 10.2. The molecule has 0 spiro atoms. The summed E-state index contributed by atoms with van der Waals surface area (Å²) in [5.41, 5.74) is 0.786. The predicted molar refractivity (Wildman–Crippen MR) is 103 cm³/mol. The van der Waals surface area contributed by atoms with Gasteiger partial charge in [0.25, 0.3) is 5.91 Å². The van der Waals surface area contributed by atoms with Crippen molar-refractivity contribution in [2.45, 2.75) is 13.1 Å². The number of nitrogens with one attached hydrogen (secondary N) is 1. The van der Waals surface area contributed by atoms with Crippen LogP contribution in [-0.2, 0) is 6.18 Å². The molecule has 0 atom stereocenters. The van der Waals surface area contributed by atoms with Crippen molar-refractivity contribution >= 4 is 22.5 Å². The quantitative estimate of drug-likeness (QED) is 0.530. The van der Waals surface area contributed by atoms with Crippen molar-refractivity contribution in [3.05, 3.63) is 83.7 Å². The number of alkyl halides is 3. The van der Waals surface area contributed by atoms with E-state index in [9.17, 15) is 18.0 Å². The molecule has 146 valence electrons. The molecule has 1 N–H and O–H groups in total. The third-order valence-corrected chi connectivity index (χ3v) is 4.50. The maximum absolute atomic E-state index is 12.9. The molecule has 2 heterocycles. The number of hydrogen-bond donors (Lipinski definition) is 1. The topological polar surface area (TPSA) is 59.8 Å². The molecule has 0 fully saturated rings. The molecule has 0 radical (unpaired) electrons. The molecule has 0 bridgehead atoms. The molecule has 2 aromatic carbocycles. The number of anilines is 1. The van der Waals surface area contributed by atoms with Crippen LogP contribution in [0.3, 0.4) is 0 Å². The molecule has 2 aromatic heterocycles. The molecule has 0 saturated carbocycles. The molecule has 0 aliphatic carbocycles. The molecule has 0 aliphatic heterocycles. The fourth-order valence-corrected chi connectivity index (χ4v) is 3.01. The number of fused-ring (bicyclic) bond motifs is 1. The maximum Gasteiger partial charge on any atom is 0.416 e. The average Bonchev–Trinajstić information content (AvgIpc) is 3.08. The zero-order chi connectivity index (χ0) is 20.6. The highest BCUT2D eigenvalue weighted by molar-refractivity contribution is 6.05. The first kappa shape index (κ1) is 18.7. The lowest BCUT2D eigenvalue weighted by molar-refractivity contribution is -0.137. The van der Waals surface area contributed by atoms with Crippen molar-refractivity contribution in [1.82, 2.24) is 14.8 Å². The van der Waals surface area contributed by atoms with Gasteiger partial charge in [0.05, 0.1) is 28.5 Å². The summed E-state index contributed by atoms with van der Waals surface area (Å²) >= 11 is 0. The molecule has 8 heteroatoms. The highest BCUT2D eigenvalue weighted by atomic mass is 19.4. The van der Waals surface area contributed by atoms with E-state index in [4.69, 9.17) is 0 Å². The van der Waals surface area contributed by atoms with E-state index in [1.807, 2.05) is 30.3 Å². The van der Waals surface area contributed by atoms with Crippen molar-refractivity contribution in [3.63, 3.8) is 0 Å². The number of halogens is 3. The number of aromatic nitrogens is 3. The van der Waals surface area contributed by atoms with E-state index in [2.05, 4.69) is 15.4 Å². The van der Waals surface area contributed by atoms with Crippen LogP contribution in [0.2, 0.25) is 0 Å². The van der Waals surface area contributed by atoms with Gasteiger partial charge < -0.3 is 5.32 Å². The van der Waals surface area contributed by atoms with Gasteiger partial charge in [-0.3, -0.25) is 4.79 Å². The van der Waals surface area contributed by atoms with Gasteiger partial charge in [-0.25, -0.2) is 9.67 Å². The van der Waals surface area contributed by atoms with E-state index in [-0.39, 0.29) is 11.3 Å². The summed E-state index contributed by atoms with van der Waals surface area (Å²) in [7, 11) is 0. The van der Waals surface area contributed by atoms with E-state index >= 15 is 0 Å². The van der Waals surface area contributed by atoms with Crippen LogP contribution in [-0.4, -0.2) is 20.7 Å². The Balaban J connectivity index is 1.62. The molecule has 0 saturated heterocycles. The van der Waals surface area contributed by atoms with Gasteiger partial charge in [-0.15, -0.1) is 0 Å². The number of amides is 1. The van der Waals surface area contributed by atoms with Crippen molar-refractivity contribution in [2.75, 3.05) is 5.32 Å². The number of hydrogen-bond acceptors (Lipinski definition) is 3. The highest BCUT2D eigenvalue weighted by Gasteiger charge is 2.30. The van der Waals surface area contributed by atoms with E-state index in [0.29, 0.717) is 11.5 Å².